The Morgan fingerprint density at radius 2 is 1.68 bits per heavy atom. The molecule has 0 saturated heterocycles. The summed E-state index contributed by atoms with van der Waals surface area (Å²) in [4.78, 5) is 17.8. The van der Waals surface area contributed by atoms with Crippen molar-refractivity contribution in [2.45, 2.75) is 11.3 Å². The molecule has 0 aliphatic carbocycles. The molecular formula is C21H16FN3O3S3. The highest BCUT2D eigenvalue weighted by atomic mass is 32.2. The number of thiophene rings is 1. The first kappa shape index (κ1) is 21.2. The topological polar surface area (TPSA) is 88.2 Å². The maximum atomic E-state index is 13.0. The predicted octanol–water partition coefficient (Wildman–Crippen LogP) is 4.99. The number of amides is 1. The van der Waals surface area contributed by atoms with Gasteiger partial charge in [-0.1, -0.05) is 6.07 Å². The van der Waals surface area contributed by atoms with E-state index in [0.717, 1.165) is 22.0 Å². The van der Waals surface area contributed by atoms with E-state index >= 15 is 0 Å². The molecule has 0 atom stereocenters. The molecule has 0 unspecified atom stereocenters. The normalized spacial score (nSPS) is 11.3. The highest BCUT2D eigenvalue weighted by molar-refractivity contribution is 7.92. The lowest BCUT2D eigenvalue weighted by atomic mass is 10.2. The summed E-state index contributed by atoms with van der Waals surface area (Å²) in [6.07, 6.45) is 0.140. The quantitative estimate of drug-likeness (QED) is 0.396. The second kappa shape index (κ2) is 8.96. The van der Waals surface area contributed by atoms with Crippen molar-refractivity contribution in [1.29, 1.82) is 0 Å². The minimum atomic E-state index is -3.83. The molecule has 2 heterocycles. The van der Waals surface area contributed by atoms with Gasteiger partial charge in [0.05, 0.1) is 21.9 Å². The van der Waals surface area contributed by atoms with Gasteiger partial charge in [0.15, 0.2) is 0 Å². The molecule has 0 fully saturated rings. The monoisotopic (exact) mass is 473 g/mol. The third kappa shape index (κ3) is 5.35. The molecule has 4 rings (SSSR count). The summed E-state index contributed by atoms with van der Waals surface area (Å²) in [7, 11) is -3.83. The number of aromatic nitrogens is 1. The van der Waals surface area contributed by atoms with Crippen LogP contribution in [-0.4, -0.2) is 19.3 Å². The number of thiazole rings is 1. The van der Waals surface area contributed by atoms with Crippen LogP contribution in [0.15, 0.2) is 76.3 Å². The Balaban J connectivity index is 1.36. The average Bonchev–Trinajstić information content (AvgIpc) is 3.41. The predicted molar refractivity (Wildman–Crippen MR) is 121 cm³/mol. The molecule has 0 radical (unpaired) electrons. The van der Waals surface area contributed by atoms with Crippen LogP contribution in [0.25, 0.3) is 9.88 Å². The first-order valence-electron chi connectivity index (χ1n) is 9.06. The van der Waals surface area contributed by atoms with Crippen LogP contribution in [-0.2, 0) is 21.2 Å². The van der Waals surface area contributed by atoms with Crippen molar-refractivity contribution in [2.24, 2.45) is 0 Å². The van der Waals surface area contributed by atoms with E-state index in [2.05, 4.69) is 15.0 Å². The third-order valence-corrected chi connectivity index (χ3v) is 7.50. The van der Waals surface area contributed by atoms with E-state index in [1.807, 2.05) is 22.9 Å². The molecule has 2 N–H and O–H groups in total. The summed E-state index contributed by atoms with van der Waals surface area (Å²) in [6.45, 7) is 0. The molecule has 10 heteroatoms. The van der Waals surface area contributed by atoms with Crippen LogP contribution in [0.4, 0.5) is 15.8 Å². The lowest BCUT2D eigenvalue weighted by Gasteiger charge is -2.09. The fourth-order valence-corrected chi connectivity index (χ4v) is 5.41. The number of rotatable bonds is 7. The van der Waals surface area contributed by atoms with Crippen LogP contribution in [0.3, 0.4) is 0 Å². The van der Waals surface area contributed by atoms with E-state index in [1.54, 1.807) is 23.5 Å². The first-order valence-corrected chi connectivity index (χ1v) is 12.3. The molecule has 158 valence electrons. The second-order valence-corrected chi connectivity index (χ2v) is 9.97. The first-order chi connectivity index (χ1) is 14.9. The second-order valence-electron chi connectivity index (χ2n) is 6.48. The number of halogens is 1. The molecule has 4 aromatic rings. The van der Waals surface area contributed by atoms with Crippen LogP contribution in [0.5, 0.6) is 0 Å². The van der Waals surface area contributed by atoms with Gasteiger partial charge >= 0.3 is 0 Å². The third-order valence-electron chi connectivity index (χ3n) is 4.17. The molecule has 0 aliphatic heterocycles. The lowest BCUT2D eigenvalue weighted by Crippen LogP contribution is -2.15. The molecular weight excluding hydrogens is 457 g/mol. The van der Waals surface area contributed by atoms with Crippen molar-refractivity contribution in [3.05, 3.63) is 82.9 Å². The molecule has 0 bridgehead atoms. The van der Waals surface area contributed by atoms with Gasteiger partial charge < -0.3 is 5.32 Å². The van der Waals surface area contributed by atoms with Crippen LogP contribution < -0.4 is 10.0 Å². The highest BCUT2D eigenvalue weighted by Gasteiger charge is 2.14. The van der Waals surface area contributed by atoms with E-state index in [9.17, 15) is 17.6 Å². The molecule has 1 amide bonds. The Morgan fingerprint density at radius 3 is 2.35 bits per heavy atom. The smallest absolute Gasteiger partial charge is 0.261 e. The zero-order valence-corrected chi connectivity index (χ0v) is 18.4. The molecule has 6 nitrogen and oxygen atoms in total. The summed E-state index contributed by atoms with van der Waals surface area (Å²) in [5.41, 5.74) is 1.54. The van der Waals surface area contributed by atoms with Gasteiger partial charge in [0, 0.05) is 16.8 Å². The van der Waals surface area contributed by atoms with E-state index in [0.29, 0.717) is 17.1 Å². The number of sulfonamides is 1. The van der Waals surface area contributed by atoms with Crippen molar-refractivity contribution in [1.82, 2.24) is 4.98 Å². The number of carbonyl (C=O) groups is 1. The van der Waals surface area contributed by atoms with Crippen LogP contribution >= 0.6 is 22.7 Å². The summed E-state index contributed by atoms with van der Waals surface area (Å²) in [5.74, 6) is -0.734. The van der Waals surface area contributed by atoms with Gasteiger partial charge in [-0.25, -0.2) is 17.8 Å². The lowest BCUT2D eigenvalue weighted by molar-refractivity contribution is -0.115. The van der Waals surface area contributed by atoms with Gasteiger partial charge in [-0.05, 0) is 60.0 Å². The molecule has 0 aliphatic rings. The standard InChI is InChI=1S/C21H16FN3O3S3/c22-14-3-9-18(10-4-14)31(27,28)25-16-7-5-15(6-8-16)23-20(26)12-17-13-30-21(24-17)19-2-1-11-29-19/h1-11,13,25H,12H2,(H,23,26). The number of hydrogen-bond acceptors (Lipinski definition) is 6. The van der Waals surface area contributed by atoms with Crippen LogP contribution in [0.2, 0.25) is 0 Å². The fraction of sp³-hybridized carbons (Fsp3) is 0.0476. The summed E-state index contributed by atoms with van der Waals surface area (Å²) in [6, 6.07) is 14.7. The molecule has 0 spiro atoms. The fourth-order valence-electron chi connectivity index (χ4n) is 2.72. The van der Waals surface area contributed by atoms with E-state index < -0.39 is 15.8 Å². The number of nitrogens with one attached hydrogen (secondary N) is 2. The Bertz CT molecular complexity index is 1280. The van der Waals surface area contributed by atoms with Crippen molar-refractivity contribution >= 4 is 50.0 Å². The number of carbonyl (C=O) groups excluding carboxylic acids is 1. The van der Waals surface area contributed by atoms with E-state index in [4.69, 9.17) is 0 Å². The maximum Gasteiger partial charge on any atom is 0.261 e. The van der Waals surface area contributed by atoms with Gasteiger partial charge in [-0.15, -0.1) is 22.7 Å². The van der Waals surface area contributed by atoms with Gasteiger partial charge in [-0.2, -0.15) is 0 Å². The van der Waals surface area contributed by atoms with Crippen molar-refractivity contribution in [3.63, 3.8) is 0 Å². The number of nitrogens with zero attached hydrogens (tertiary/aromatic N) is 1. The molecule has 0 saturated carbocycles. The van der Waals surface area contributed by atoms with Crippen LogP contribution in [0.1, 0.15) is 5.69 Å². The minimum Gasteiger partial charge on any atom is -0.326 e. The molecule has 2 aromatic heterocycles. The summed E-state index contributed by atoms with van der Waals surface area (Å²) >= 11 is 3.09. The van der Waals surface area contributed by atoms with Crippen molar-refractivity contribution in [3.8, 4) is 9.88 Å². The zero-order valence-electron chi connectivity index (χ0n) is 15.9. The molecule has 31 heavy (non-hydrogen) atoms. The van der Waals surface area contributed by atoms with Crippen molar-refractivity contribution in [2.75, 3.05) is 10.0 Å². The van der Waals surface area contributed by atoms with Gasteiger partial charge in [0.2, 0.25) is 5.91 Å². The number of hydrogen-bond donors (Lipinski definition) is 2. The van der Waals surface area contributed by atoms with E-state index in [1.165, 1.54) is 35.6 Å². The SMILES string of the molecule is O=C(Cc1csc(-c2cccs2)n1)Nc1ccc(NS(=O)(=O)c2ccc(F)cc2)cc1. The average molecular weight is 474 g/mol. The Morgan fingerprint density at radius 1 is 0.968 bits per heavy atom. The summed E-state index contributed by atoms with van der Waals surface area (Å²) < 4.78 is 40.1. The summed E-state index contributed by atoms with van der Waals surface area (Å²) in [5, 5.41) is 7.50. The Hall–Kier alpha value is -3.08. The Labute approximate surface area is 186 Å². The Kier molecular flexibility index (Phi) is 6.12. The van der Waals surface area contributed by atoms with Gasteiger partial charge in [0.1, 0.15) is 10.8 Å². The number of anilines is 2. The number of benzene rings is 2. The van der Waals surface area contributed by atoms with Gasteiger partial charge in [-0.3, -0.25) is 9.52 Å². The van der Waals surface area contributed by atoms with Crippen LogP contribution in [0, 0.1) is 5.82 Å². The van der Waals surface area contributed by atoms with E-state index in [-0.39, 0.29) is 17.2 Å². The van der Waals surface area contributed by atoms with Crippen molar-refractivity contribution < 1.29 is 17.6 Å². The minimum absolute atomic E-state index is 0.0449. The van der Waals surface area contributed by atoms with Gasteiger partial charge in [0.25, 0.3) is 10.0 Å². The largest absolute Gasteiger partial charge is 0.326 e. The molecule has 2 aromatic carbocycles. The highest BCUT2D eigenvalue weighted by Crippen LogP contribution is 2.28. The zero-order chi connectivity index (χ0) is 21.8. The maximum absolute atomic E-state index is 13.0.